The molecule has 0 aliphatic heterocycles. The molecule has 0 saturated heterocycles. The first-order chi connectivity index (χ1) is 17.8. The van der Waals surface area contributed by atoms with Crippen LogP contribution in [-0.2, 0) is 31.5 Å². The standard InChI is InChI=1S/C26H27N7O4/c1-16(2)13-31-21-23(30(3)26(36)32(24(21)35)14-20(27)34)33-22(28-29-25(31)33)18-9-11-19(12-10-18)37-15-17-7-5-4-6-8-17/h4-12,16H,13-15H2,1-3H3,(H2,27,34). The predicted molar refractivity (Wildman–Crippen MR) is 138 cm³/mol. The van der Waals surface area contributed by atoms with Gasteiger partial charge in [-0.1, -0.05) is 44.2 Å². The fraction of sp³-hybridized carbons (Fsp3) is 0.269. The van der Waals surface area contributed by atoms with Gasteiger partial charge in [-0.05, 0) is 35.7 Å². The Labute approximate surface area is 211 Å². The molecule has 3 aromatic heterocycles. The second kappa shape index (κ2) is 9.41. The molecule has 190 valence electrons. The molecule has 0 atom stereocenters. The normalized spacial score (nSPS) is 11.6. The van der Waals surface area contributed by atoms with Gasteiger partial charge in [0.2, 0.25) is 11.7 Å². The molecule has 0 aliphatic carbocycles. The quantitative estimate of drug-likeness (QED) is 0.346. The lowest BCUT2D eigenvalue weighted by atomic mass is 10.2. The Morgan fingerprint density at radius 2 is 1.70 bits per heavy atom. The second-order valence-electron chi connectivity index (χ2n) is 9.33. The maximum atomic E-state index is 13.4. The average molecular weight is 502 g/mol. The van der Waals surface area contributed by atoms with Crippen LogP contribution in [0.1, 0.15) is 19.4 Å². The number of imidazole rings is 1. The van der Waals surface area contributed by atoms with E-state index in [0.717, 1.165) is 15.7 Å². The van der Waals surface area contributed by atoms with Gasteiger partial charge in [0.15, 0.2) is 17.0 Å². The number of aromatic nitrogens is 6. The molecule has 1 amide bonds. The first-order valence-electron chi connectivity index (χ1n) is 11.9. The number of carbonyl (C=O) groups is 1. The van der Waals surface area contributed by atoms with Gasteiger partial charge in [-0.3, -0.25) is 14.2 Å². The summed E-state index contributed by atoms with van der Waals surface area (Å²) in [6.45, 7) is 4.42. The highest BCUT2D eigenvalue weighted by atomic mass is 16.5. The molecule has 0 radical (unpaired) electrons. The molecule has 0 aliphatic rings. The van der Waals surface area contributed by atoms with E-state index in [1.807, 2.05) is 68.4 Å². The van der Waals surface area contributed by atoms with Crippen molar-refractivity contribution in [2.24, 2.45) is 18.7 Å². The van der Waals surface area contributed by atoms with E-state index >= 15 is 0 Å². The average Bonchev–Trinajstić information content (AvgIpc) is 3.44. The van der Waals surface area contributed by atoms with Crippen LogP contribution in [-0.4, -0.2) is 34.2 Å². The summed E-state index contributed by atoms with van der Waals surface area (Å²) in [4.78, 5) is 38.1. The van der Waals surface area contributed by atoms with E-state index in [9.17, 15) is 14.4 Å². The van der Waals surface area contributed by atoms with Gasteiger partial charge in [0, 0.05) is 19.2 Å². The van der Waals surface area contributed by atoms with Crippen LogP contribution < -0.4 is 21.7 Å². The second-order valence-corrected chi connectivity index (χ2v) is 9.33. The molecule has 0 fully saturated rings. The van der Waals surface area contributed by atoms with Crippen molar-refractivity contribution in [1.29, 1.82) is 0 Å². The van der Waals surface area contributed by atoms with Crippen molar-refractivity contribution in [1.82, 2.24) is 28.3 Å². The van der Waals surface area contributed by atoms with Crippen LogP contribution in [0.4, 0.5) is 0 Å². The summed E-state index contributed by atoms with van der Waals surface area (Å²) in [5.74, 6) is 0.979. The highest BCUT2D eigenvalue weighted by molar-refractivity contribution is 5.80. The van der Waals surface area contributed by atoms with Crippen molar-refractivity contribution in [2.75, 3.05) is 0 Å². The van der Waals surface area contributed by atoms with Crippen LogP contribution in [0.2, 0.25) is 0 Å². The summed E-state index contributed by atoms with van der Waals surface area (Å²) in [5.41, 5.74) is 6.45. The molecular weight excluding hydrogens is 474 g/mol. The first-order valence-corrected chi connectivity index (χ1v) is 11.9. The van der Waals surface area contributed by atoms with Crippen LogP contribution in [0.15, 0.2) is 64.2 Å². The molecule has 0 saturated carbocycles. The molecule has 5 aromatic rings. The van der Waals surface area contributed by atoms with Crippen molar-refractivity contribution >= 4 is 22.8 Å². The molecule has 2 aromatic carbocycles. The lowest BCUT2D eigenvalue weighted by Crippen LogP contribution is -2.42. The van der Waals surface area contributed by atoms with Gasteiger partial charge in [0.25, 0.3) is 5.56 Å². The maximum Gasteiger partial charge on any atom is 0.332 e. The monoisotopic (exact) mass is 501 g/mol. The van der Waals surface area contributed by atoms with Crippen LogP contribution in [0.5, 0.6) is 5.75 Å². The van der Waals surface area contributed by atoms with Crippen molar-refractivity contribution in [3.05, 3.63) is 81.0 Å². The summed E-state index contributed by atoms with van der Waals surface area (Å²) in [7, 11) is 1.55. The Hall–Kier alpha value is -4.67. The van der Waals surface area contributed by atoms with Crippen LogP contribution >= 0.6 is 0 Å². The number of benzene rings is 2. The molecule has 2 N–H and O–H groups in total. The smallest absolute Gasteiger partial charge is 0.332 e. The number of hydrogen-bond donors (Lipinski definition) is 1. The molecule has 11 heteroatoms. The van der Waals surface area contributed by atoms with E-state index in [4.69, 9.17) is 10.5 Å². The summed E-state index contributed by atoms with van der Waals surface area (Å²) >= 11 is 0. The SMILES string of the molecule is CC(C)Cn1c2c(=O)n(CC(N)=O)c(=O)n(C)c2n2c(-c3ccc(OCc4ccccc4)cc3)nnc12. The number of carbonyl (C=O) groups excluding carboxylic acids is 1. The Kier molecular flexibility index (Phi) is 6.12. The third kappa shape index (κ3) is 4.28. The molecule has 37 heavy (non-hydrogen) atoms. The summed E-state index contributed by atoms with van der Waals surface area (Å²) in [5, 5.41) is 8.77. The fourth-order valence-corrected chi connectivity index (χ4v) is 4.44. The van der Waals surface area contributed by atoms with E-state index in [1.165, 1.54) is 4.57 Å². The number of rotatable bonds is 8. The summed E-state index contributed by atoms with van der Waals surface area (Å²) in [6.07, 6.45) is 0. The number of fused-ring (bicyclic) bond motifs is 3. The van der Waals surface area contributed by atoms with E-state index < -0.39 is 23.7 Å². The third-order valence-corrected chi connectivity index (χ3v) is 6.09. The largest absolute Gasteiger partial charge is 0.489 e. The van der Waals surface area contributed by atoms with Gasteiger partial charge < -0.3 is 15.0 Å². The van der Waals surface area contributed by atoms with E-state index in [0.29, 0.717) is 36.2 Å². The zero-order chi connectivity index (χ0) is 26.3. The summed E-state index contributed by atoms with van der Waals surface area (Å²) in [6, 6.07) is 17.3. The third-order valence-electron chi connectivity index (χ3n) is 6.09. The summed E-state index contributed by atoms with van der Waals surface area (Å²) < 4.78 is 11.5. The minimum absolute atomic E-state index is 0.168. The maximum absolute atomic E-state index is 13.4. The van der Waals surface area contributed by atoms with Crippen LogP contribution in [0, 0.1) is 5.92 Å². The zero-order valence-electron chi connectivity index (χ0n) is 20.8. The van der Waals surface area contributed by atoms with Crippen molar-refractivity contribution in [2.45, 2.75) is 33.5 Å². The minimum Gasteiger partial charge on any atom is -0.489 e. The van der Waals surface area contributed by atoms with E-state index in [2.05, 4.69) is 10.2 Å². The zero-order valence-corrected chi connectivity index (χ0v) is 20.8. The lowest BCUT2D eigenvalue weighted by Gasteiger charge is -2.10. The predicted octanol–water partition coefficient (Wildman–Crippen LogP) is 1.93. The van der Waals surface area contributed by atoms with Crippen molar-refractivity contribution < 1.29 is 9.53 Å². The van der Waals surface area contributed by atoms with Crippen molar-refractivity contribution in [3.8, 4) is 17.1 Å². The number of aryl methyl sites for hydroxylation is 1. The molecule has 0 bridgehead atoms. The Morgan fingerprint density at radius 3 is 2.35 bits per heavy atom. The Balaban J connectivity index is 1.64. The first kappa shape index (κ1) is 24.0. The topological polar surface area (TPSA) is 131 Å². The van der Waals surface area contributed by atoms with Crippen molar-refractivity contribution in [3.63, 3.8) is 0 Å². The molecule has 5 rings (SSSR count). The number of primary amides is 1. The Morgan fingerprint density at radius 1 is 1.00 bits per heavy atom. The molecular formula is C26H27N7O4. The van der Waals surface area contributed by atoms with Gasteiger partial charge in [0.05, 0.1) is 0 Å². The fourth-order valence-electron chi connectivity index (χ4n) is 4.44. The van der Waals surface area contributed by atoms with Gasteiger partial charge >= 0.3 is 5.69 Å². The van der Waals surface area contributed by atoms with Crippen LogP contribution in [0.3, 0.4) is 0 Å². The molecule has 0 spiro atoms. The Bertz CT molecular complexity index is 1730. The number of nitrogens with zero attached hydrogens (tertiary/aromatic N) is 6. The van der Waals surface area contributed by atoms with Crippen LogP contribution in [0.25, 0.3) is 28.3 Å². The molecule has 11 nitrogen and oxygen atoms in total. The van der Waals surface area contributed by atoms with Gasteiger partial charge in [-0.25, -0.2) is 13.8 Å². The van der Waals surface area contributed by atoms with Gasteiger partial charge in [0.1, 0.15) is 18.9 Å². The van der Waals surface area contributed by atoms with Gasteiger partial charge in [-0.15, -0.1) is 10.2 Å². The lowest BCUT2D eigenvalue weighted by molar-refractivity contribution is -0.118. The van der Waals surface area contributed by atoms with E-state index in [1.54, 1.807) is 16.0 Å². The molecule has 3 heterocycles. The number of hydrogen-bond acceptors (Lipinski definition) is 6. The van der Waals surface area contributed by atoms with Gasteiger partial charge in [-0.2, -0.15) is 0 Å². The number of nitrogens with two attached hydrogens (primary N) is 1. The number of ether oxygens (including phenoxy) is 1. The highest BCUT2D eigenvalue weighted by Gasteiger charge is 2.25. The number of amides is 1. The molecule has 0 unspecified atom stereocenters. The van der Waals surface area contributed by atoms with E-state index in [-0.39, 0.29) is 11.4 Å². The minimum atomic E-state index is -0.776. The highest BCUT2D eigenvalue weighted by Crippen LogP contribution is 2.26.